The predicted molar refractivity (Wildman–Crippen MR) is 117 cm³/mol. The number of aromatic amines is 1. The van der Waals surface area contributed by atoms with Crippen molar-refractivity contribution >= 4 is 16.7 Å². The number of hydrogen-bond acceptors (Lipinski definition) is 6. The zero-order chi connectivity index (χ0) is 20.8. The van der Waals surface area contributed by atoms with Crippen molar-refractivity contribution < 1.29 is 9.26 Å². The summed E-state index contributed by atoms with van der Waals surface area (Å²) in [6.45, 7) is 10.3. The van der Waals surface area contributed by atoms with E-state index in [1.54, 1.807) is 0 Å². The second kappa shape index (κ2) is 7.25. The zero-order valence-corrected chi connectivity index (χ0v) is 17.7. The minimum Gasteiger partial charge on any atom is -0.377 e. The first-order valence-electron chi connectivity index (χ1n) is 10.3. The fourth-order valence-electron chi connectivity index (χ4n) is 4.24. The summed E-state index contributed by atoms with van der Waals surface area (Å²) < 4.78 is 11.1. The lowest BCUT2D eigenvalue weighted by atomic mass is 10.0. The maximum Gasteiger partial charge on any atom is 0.162 e. The molecule has 1 atom stereocenters. The smallest absolute Gasteiger partial charge is 0.162 e. The highest BCUT2D eigenvalue weighted by atomic mass is 16.5. The number of rotatable bonds is 3. The fourth-order valence-corrected chi connectivity index (χ4v) is 4.24. The van der Waals surface area contributed by atoms with Gasteiger partial charge in [-0.25, -0.2) is 9.97 Å². The van der Waals surface area contributed by atoms with E-state index in [2.05, 4.69) is 47.1 Å². The van der Waals surface area contributed by atoms with E-state index in [1.165, 1.54) is 0 Å². The predicted octanol–water partition coefficient (Wildman–Crippen LogP) is 4.43. The van der Waals surface area contributed by atoms with Crippen LogP contribution in [0.3, 0.4) is 0 Å². The van der Waals surface area contributed by atoms with Crippen LogP contribution in [-0.2, 0) is 4.74 Å². The number of anilines is 1. The minimum atomic E-state index is 0.240. The van der Waals surface area contributed by atoms with Gasteiger partial charge in [0, 0.05) is 35.3 Å². The van der Waals surface area contributed by atoms with Gasteiger partial charge in [0.1, 0.15) is 11.6 Å². The number of morpholine rings is 1. The number of H-pyrrole nitrogens is 1. The van der Waals surface area contributed by atoms with Crippen molar-refractivity contribution in [2.75, 3.05) is 24.7 Å². The number of hydrogen-bond donors (Lipinski definition) is 1. The molecule has 0 spiro atoms. The number of aryl methyl sites for hydroxylation is 3. The van der Waals surface area contributed by atoms with Crippen LogP contribution in [0.1, 0.15) is 23.9 Å². The van der Waals surface area contributed by atoms with Gasteiger partial charge in [-0.2, -0.15) is 0 Å². The van der Waals surface area contributed by atoms with E-state index in [0.717, 1.165) is 57.1 Å². The Balaban J connectivity index is 1.75. The Hall–Kier alpha value is -3.19. The number of aromatic nitrogens is 4. The molecule has 1 aliphatic heterocycles. The molecule has 7 heteroatoms. The van der Waals surface area contributed by atoms with Gasteiger partial charge in [-0.05, 0) is 51.5 Å². The van der Waals surface area contributed by atoms with Gasteiger partial charge in [-0.15, -0.1) is 0 Å². The molecule has 154 valence electrons. The third-order valence-corrected chi connectivity index (χ3v) is 5.72. The van der Waals surface area contributed by atoms with Gasteiger partial charge in [-0.3, -0.25) is 0 Å². The first-order chi connectivity index (χ1) is 14.5. The van der Waals surface area contributed by atoms with Crippen LogP contribution in [0, 0.1) is 20.8 Å². The average Bonchev–Trinajstić information content (AvgIpc) is 3.33. The molecule has 1 N–H and O–H groups in total. The quantitative estimate of drug-likeness (QED) is 0.545. The lowest BCUT2D eigenvalue weighted by molar-refractivity contribution is 0.0985. The van der Waals surface area contributed by atoms with Crippen molar-refractivity contribution in [1.82, 2.24) is 20.1 Å². The van der Waals surface area contributed by atoms with E-state index in [4.69, 9.17) is 19.2 Å². The lowest BCUT2D eigenvalue weighted by Gasteiger charge is -2.34. The van der Waals surface area contributed by atoms with Gasteiger partial charge in [0.25, 0.3) is 0 Å². The summed E-state index contributed by atoms with van der Waals surface area (Å²) in [5.41, 5.74) is 5.84. The number of fused-ring (bicyclic) bond motifs is 1. The van der Waals surface area contributed by atoms with E-state index < -0.39 is 0 Å². The van der Waals surface area contributed by atoms with Gasteiger partial charge in [-0.1, -0.05) is 5.16 Å². The number of ether oxygens (including phenoxy) is 1. The molecule has 1 fully saturated rings. The van der Waals surface area contributed by atoms with E-state index in [9.17, 15) is 0 Å². The first-order valence-corrected chi connectivity index (χ1v) is 10.3. The molecule has 0 amide bonds. The normalized spacial score (nSPS) is 17.1. The van der Waals surface area contributed by atoms with E-state index >= 15 is 0 Å². The highest BCUT2D eigenvalue weighted by Crippen LogP contribution is 2.34. The first kappa shape index (κ1) is 18.8. The summed E-state index contributed by atoms with van der Waals surface area (Å²) in [6, 6.07) is 8.65. The molecule has 0 saturated carbocycles. The topological polar surface area (TPSA) is 80.1 Å². The summed E-state index contributed by atoms with van der Waals surface area (Å²) in [4.78, 5) is 15.6. The Kier molecular flexibility index (Phi) is 4.55. The van der Waals surface area contributed by atoms with Crippen LogP contribution in [-0.4, -0.2) is 45.9 Å². The number of nitrogens with zero attached hydrogens (tertiary/aromatic N) is 4. The SMILES string of the molecule is Cc1cc(-c2nc(-c3c(C)noc3C)cc(N3CCOCC3C)n2)c2cc[nH]c2c1. The molecule has 1 saturated heterocycles. The minimum absolute atomic E-state index is 0.240. The molecule has 4 heterocycles. The monoisotopic (exact) mass is 403 g/mol. The molecular formula is C23H25N5O2. The maximum atomic E-state index is 5.64. The van der Waals surface area contributed by atoms with Gasteiger partial charge in [0.2, 0.25) is 0 Å². The van der Waals surface area contributed by atoms with Crippen molar-refractivity contribution in [2.24, 2.45) is 0 Å². The van der Waals surface area contributed by atoms with Crippen molar-refractivity contribution in [1.29, 1.82) is 0 Å². The van der Waals surface area contributed by atoms with Crippen LogP contribution in [0.4, 0.5) is 5.82 Å². The van der Waals surface area contributed by atoms with Gasteiger partial charge in [0.05, 0.1) is 36.2 Å². The fraction of sp³-hybridized carbons (Fsp3) is 0.348. The highest BCUT2D eigenvalue weighted by Gasteiger charge is 2.24. The zero-order valence-electron chi connectivity index (χ0n) is 17.7. The average molecular weight is 403 g/mol. The highest BCUT2D eigenvalue weighted by molar-refractivity contribution is 5.94. The molecule has 7 nitrogen and oxygen atoms in total. The Bertz CT molecular complexity index is 1210. The summed E-state index contributed by atoms with van der Waals surface area (Å²) in [5.74, 6) is 2.36. The van der Waals surface area contributed by atoms with Crippen molar-refractivity contribution in [3.63, 3.8) is 0 Å². The molecule has 3 aromatic heterocycles. The molecule has 4 aromatic rings. The largest absolute Gasteiger partial charge is 0.377 e. The molecule has 30 heavy (non-hydrogen) atoms. The number of nitrogens with one attached hydrogen (secondary N) is 1. The Morgan fingerprint density at radius 2 is 2.00 bits per heavy atom. The van der Waals surface area contributed by atoms with E-state index in [-0.39, 0.29) is 6.04 Å². The van der Waals surface area contributed by atoms with Crippen LogP contribution < -0.4 is 4.90 Å². The van der Waals surface area contributed by atoms with E-state index in [1.807, 2.05) is 26.1 Å². The third kappa shape index (κ3) is 3.15. The second-order valence-corrected chi connectivity index (χ2v) is 8.00. The van der Waals surface area contributed by atoms with Crippen LogP contribution in [0.15, 0.2) is 35.0 Å². The molecule has 1 unspecified atom stereocenters. The lowest BCUT2D eigenvalue weighted by Crippen LogP contribution is -2.44. The standard InChI is InChI=1S/C23H25N5O2/c1-13-9-18(17-5-6-24-19(17)10-13)23-25-20(22-15(3)27-30-16(22)4)11-21(26-23)28-7-8-29-12-14(28)2/h5-6,9-11,14,24H,7-8,12H2,1-4H3. The number of benzene rings is 1. The van der Waals surface area contributed by atoms with Crippen molar-refractivity contribution in [3.8, 4) is 22.6 Å². The summed E-state index contributed by atoms with van der Waals surface area (Å²) in [6.07, 6.45) is 1.96. The molecule has 1 aliphatic rings. The molecule has 0 bridgehead atoms. The third-order valence-electron chi connectivity index (χ3n) is 5.72. The second-order valence-electron chi connectivity index (χ2n) is 8.00. The molecule has 0 radical (unpaired) electrons. The summed E-state index contributed by atoms with van der Waals surface area (Å²) in [5, 5.41) is 5.24. The van der Waals surface area contributed by atoms with Crippen LogP contribution in [0.25, 0.3) is 33.5 Å². The molecular weight excluding hydrogens is 378 g/mol. The Morgan fingerprint density at radius 3 is 2.77 bits per heavy atom. The van der Waals surface area contributed by atoms with Crippen molar-refractivity contribution in [3.05, 3.63) is 47.5 Å². The maximum absolute atomic E-state index is 5.64. The van der Waals surface area contributed by atoms with E-state index in [0.29, 0.717) is 19.0 Å². The van der Waals surface area contributed by atoms with Crippen LogP contribution in [0.5, 0.6) is 0 Å². The summed E-state index contributed by atoms with van der Waals surface area (Å²) >= 11 is 0. The molecule has 1 aromatic carbocycles. The molecule has 5 rings (SSSR count). The molecule has 0 aliphatic carbocycles. The van der Waals surface area contributed by atoms with Gasteiger partial charge in [0.15, 0.2) is 5.82 Å². The van der Waals surface area contributed by atoms with Crippen molar-refractivity contribution in [2.45, 2.75) is 33.7 Å². The Morgan fingerprint density at radius 1 is 1.13 bits per heavy atom. The summed E-state index contributed by atoms with van der Waals surface area (Å²) in [7, 11) is 0. The van der Waals surface area contributed by atoms with Crippen LogP contribution in [0.2, 0.25) is 0 Å². The van der Waals surface area contributed by atoms with Gasteiger partial charge < -0.3 is 19.1 Å². The van der Waals surface area contributed by atoms with Crippen LogP contribution >= 0.6 is 0 Å². The Labute approximate surface area is 175 Å². The van der Waals surface area contributed by atoms with Gasteiger partial charge >= 0.3 is 0 Å².